The highest BCUT2D eigenvalue weighted by atomic mass is 16.1. The van der Waals surface area contributed by atoms with E-state index in [1.165, 1.54) is 0 Å². The number of rotatable bonds is 3. The Kier molecular flexibility index (Phi) is 3.99. The van der Waals surface area contributed by atoms with Crippen molar-refractivity contribution in [3.8, 4) is 0 Å². The Labute approximate surface area is 120 Å². The molecule has 0 atom stereocenters. The molecule has 0 spiro atoms. The van der Waals surface area contributed by atoms with Gasteiger partial charge in [0, 0.05) is 26.2 Å². The predicted molar refractivity (Wildman–Crippen MR) is 80.4 cm³/mol. The first-order chi connectivity index (χ1) is 9.31. The molecule has 0 unspecified atom stereocenters. The molecule has 5 nitrogen and oxygen atoms in total. The molecule has 0 aliphatic carbocycles. The number of imidazole rings is 1. The second-order valence-corrected chi connectivity index (χ2v) is 6.60. The highest BCUT2D eigenvalue weighted by Gasteiger charge is 2.25. The summed E-state index contributed by atoms with van der Waals surface area (Å²) >= 11 is 0. The van der Waals surface area contributed by atoms with Gasteiger partial charge in [-0.25, -0.2) is 4.98 Å². The van der Waals surface area contributed by atoms with Gasteiger partial charge in [0.25, 0.3) is 5.91 Å². The van der Waals surface area contributed by atoms with Gasteiger partial charge in [-0.15, -0.1) is 0 Å². The first kappa shape index (κ1) is 14.8. The molecule has 1 aromatic heterocycles. The van der Waals surface area contributed by atoms with Crippen LogP contribution in [0.15, 0.2) is 6.58 Å². The third kappa shape index (κ3) is 3.10. The SMILES string of the molecule is C=Cc1nc(C(=O)NCC(C)(C)C)c2n1CCN(C)C2. The first-order valence-electron chi connectivity index (χ1n) is 7.00. The van der Waals surface area contributed by atoms with Crippen molar-refractivity contribution >= 4 is 12.0 Å². The lowest BCUT2D eigenvalue weighted by Gasteiger charge is -2.25. The molecule has 0 fully saturated rings. The van der Waals surface area contributed by atoms with E-state index in [-0.39, 0.29) is 11.3 Å². The maximum Gasteiger partial charge on any atom is 0.271 e. The number of hydrogen-bond acceptors (Lipinski definition) is 3. The van der Waals surface area contributed by atoms with E-state index in [2.05, 4.69) is 54.2 Å². The van der Waals surface area contributed by atoms with Gasteiger partial charge in [-0.2, -0.15) is 0 Å². The van der Waals surface area contributed by atoms with Crippen molar-refractivity contribution in [1.82, 2.24) is 19.8 Å². The molecule has 2 heterocycles. The van der Waals surface area contributed by atoms with Crippen LogP contribution in [-0.4, -0.2) is 40.5 Å². The molecule has 5 heteroatoms. The van der Waals surface area contributed by atoms with Gasteiger partial charge in [-0.05, 0) is 18.5 Å². The van der Waals surface area contributed by atoms with Crippen molar-refractivity contribution in [2.45, 2.75) is 33.9 Å². The van der Waals surface area contributed by atoms with Crippen LogP contribution < -0.4 is 5.32 Å². The van der Waals surface area contributed by atoms with E-state index in [9.17, 15) is 4.79 Å². The van der Waals surface area contributed by atoms with Crippen LogP contribution in [0.5, 0.6) is 0 Å². The molecule has 0 radical (unpaired) electrons. The van der Waals surface area contributed by atoms with Gasteiger partial charge in [0.15, 0.2) is 5.69 Å². The van der Waals surface area contributed by atoms with Crippen molar-refractivity contribution in [3.05, 3.63) is 23.8 Å². The van der Waals surface area contributed by atoms with E-state index in [0.717, 1.165) is 31.2 Å². The fourth-order valence-corrected chi connectivity index (χ4v) is 2.29. The second-order valence-electron chi connectivity index (χ2n) is 6.60. The molecule has 1 N–H and O–H groups in total. The normalized spacial score (nSPS) is 15.8. The molecule has 1 aliphatic rings. The monoisotopic (exact) mass is 276 g/mol. The molecule has 1 aliphatic heterocycles. The molecule has 1 amide bonds. The summed E-state index contributed by atoms with van der Waals surface area (Å²) < 4.78 is 2.10. The van der Waals surface area contributed by atoms with Gasteiger partial charge in [0.05, 0.1) is 5.69 Å². The third-order valence-electron chi connectivity index (χ3n) is 3.40. The number of nitrogens with one attached hydrogen (secondary N) is 1. The van der Waals surface area contributed by atoms with Crippen LogP contribution in [0.4, 0.5) is 0 Å². The Morgan fingerprint density at radius 3 is 2.75 bits per heavy atom. The molecule has 0 aromatic carbocycles. The number of likely N-dealkylation sites (N-methyl/N-ethyl adjacent to an activating group) is 1. The molecule has 0 bridgehead atoms. The smallest absolute Gasteiger partial charge is 0.271 e. The highest BCUT2D eigenvalue weighted by Crippen LogP contribution is 2.19. The Morgan fingerprint density at radius 2 is 2.15 bits per heavy atom. The number of aromatic nitrogens is 2. The summed E-state index contributed by atoms with van der Waals surface area (Å²) in [4.78, 5) is 19.0. The molecular formula is C15H24N4O. The highest BCUT2D eigenvalue weighted by molar-refractivity contribution is 5.93. The third-order valence-corrected chi connectivity index (χ3v) is 3.40. The molecule has 110 valence electrons. The Hall–Kier alpha value is -1.62. The van der Waals surface area contributed by atoms with Crippen LogP contribution in [0.3, 0.4) is 0 Å². The van der Waals surface area contributed by atoms with Gasteiger partial charge >= 0.3 is 0 Å². The lowest BCUT2D eigenvalue weighted by molar-refractivity contribution is 0.0931. The number of carbonyl (C=O) groups is 1. The summed E-state index contributed by atoms with van der Waals surface area (Å²) in [7, 11) is 2.06. The fraction of sp³-hybridized carbons (Fsp3) is 0.600. The summed E-state index contributed by atoms with van der Waals surface area (Å²) in [5.41, 5.74) is 1.59. The van der Waals surface area contributed by atoms with Crippen LogP contribution in [0.1, 0.15) is 42.8 Å². The lowest BCUT2D eigenvalue weighted by atomic mass is 9.97. The van der Waals surface area contributed by atoms with Crippen molar-refractivity contribution in [1.29, 1.82) is 0 Å². The quantitative estimate of drug-likeness (QED) is 0.915. The zero-order chi connectivity index (χ0) is 14.9. The van der Waals surface area contributed by atoms with Gasteiger partial charge < -0.3 is 9.88 Å². The number of fused-ring (bicyclic) bond motifs is 1. The average molecular weight is 276 g/mol. The van der Waals surface area contributed by atoms with Crippen LogP contribution >= 0.6 is 0 Å². The molecule has 20 heavy (non-hydrogen) atoms. The number of nitrogens with zero attached hydrogens (tertiary/aromatic N) is 3. The molecule has 0 saturated heterocycles. The molecule has 1 aromatic rings. The minimum Gasteiger partial charge on any atom is -0.350 e. The summed E-state index contributed by atoms with van der Waals surface area (Å²) in [6.45, 7) is 13.3. The number of amides is 1. The molecule has 2 rings (SSSR count). The maximum atomic E-state index is 12.4. The van der Waals surface area contributed by atoms with Crippen molar-refractivity contribution < 1.29 is 4.79 Å². The summed E-state index contributed by atoms with van der Waals surface area (Å²) in [5, 5.41) is 2.97. The Bertz CT molecular complexity index is 525. The average Bonchev–Trinajstić information content (AvgIpc) is 2.73. The van der Waals surface area contributed by atoms with Crippen LogP contribution in [-0.2, 0) is 13.1 Å². The molecule has 0 saturated carbocycles. The topological polar surface area (TPSA) is 50.2 Å². The lowest BCUT2D eigenvalue weighted by Crippen LogP contribution is -2.35. The fourth-order valence-electron chi connectivity index (χ4n) is 2.29. The van der Waals surface area contributed by atoms with Gasteiger partial charge in [-0.1, -0.05) is 27.4 Å². The Balaban J connectivity index is 2.25. The van der Waals surface area contributed by atoms with E-state index in [1.54, 1.807) is 6.08 Å². The van der Waals surface area contributed by atoms with E-state index in [1.807, 2.05) is 0 Å². The minimum atomic E-state index is -0.0907. The van der Waals surface area contributed by atoms with Crippen LogP contribution in [0.2, 0.25) is 0 Å². The molecular weight excluding hydrogens is 252 g/mol. The van der Waals surface area contributed by atoms with E-state index in [4.69, 9.17) is 0 Å². The zero-order valence-corrected chi connectivity index (χ0v) is 12.9. The van der Waals surface area contributed by atoms with Crippen LogP contribution in [0, 0.1) is 5.41 Å². The van der Waals surface area contributed by atoms with Crippen molar-refractivity contribution in [2.24, 2.45) is 5.41 Å². The van der Waals surface area contributed by atoms with Crippen LogP contribution in [0.25, 0.3) is 6.08 Å². The van der Waals surface area contributed by atoms with Gasteiger partial charge in [-0.3, -0.25) is 9.69 Å². The van der Waals surface area contributed by atoms with Crippen molar-refractivity contribution in [3.63, 3.8) is 0 Å². The van der Waals surface area contributed by atoms with E-state index < -0.39 is 0 Å². The summed E-state index contributed by atoms with van der Waals surface area (Å²) in [6, 6.07) is 0. The van der Waals surface area contributed by atoms with Gasteiger partial charge in [0.1, 0.15) is 5.82 Å². The zero-order valence-electron chi connectivity index (χ0n) is 12.9. The largest absolute Gasteiger partial charge is 0.350 e. The summed E-state index contributed by atoms with van der Waals surface area (Å²) in [6.07, 6.45) is 1.72. The maximum absolute atomic E-state index is 12.4. The summed E-state index contributed by atoms with van der Waals surface area (Å²) in [5.74, 6) is 0.695. The number of carbonyl (C=O) groups excluding carboxylic acids is 1. The van der Waals surface area contributed by atoms with E-state index in [0.29, 0.717) is 12.2 Å². The Morgan fingerprint density at radius 1 is 1.45 bits per heavy atom. The second kappa shape index (κ2) is 5.40. The first-order valence-corrected chi connectivity index (χ1v) is 7.00. The van der Waals surface area contributed by atoms with Crippen molar-refractivity contribution in [2.75, 3.05) is 20.1 Å². The van der Waals surface area contributed by atoms with E-state index >= 15 is 0 Å². The van der Waals surface area contributed by atoms with Gasteiger partial charge in [0.2, 0.25) is 0 Å². The minimum absolute atomic E-state index is 0.0630. The standard InChI is InChI=1S/C15H24N4O/c1-6-12-17-13(14(20)16-10-15(2,3)4)11-9-18(5)7-8-19(11)12/h6H,1,7-10H2,2-5H3,(H,16,20). The predicted octanol–water partition coefficient (Wildman–Crippen LogP) is 1.75. The number of hydrogen-bond donors (Lipinski definition) is 1.